The van der Waals surface area contributed by atoms with E-state index in [0.29, 0.717) is 10.8 Å². The quantitative estimate of drug-likeness (QED) is 0.865. The summed E-state index contributed by atoms with van der Waals surface area (Å²) in [4.78, 5) is 0.984. The van der Waals surface area contributed by atoms with Crippen LogP contribution in [0.5, 0.6) is 0 Å². The van der Waals surface area contributed by atoms with Crippen molar-refractivity contribution in [3.05, 3.63) is 17.0 Å². The van der Waals surface area contributed by atoms with Gasteiger partial charge in [0.1, 0.15) is 4.21 Å². The van der Waals surface area contributed by atoms with E-state index in [1.807, 2.05) is 20.8 Å². The number of rotatable bonds is 6. The number of nitrogens with one attached hydrogen (secondary N) is 1. The summed E-state index contributed by atoms with van der Waals surface area (Å²) in [5.41, 5.74) is 0. The van der Waals surface area contributed by atoms with E-state index in [-0.39, 0.29) is 12.0 Å². The average Bonchev–Trinajstić information content (AvgIpc) is 2.66. The molecule has 1 N–H and O–H groups in total. The minimum absolute atomic E-state index is 0.106. The van der Waals surface area contributed by atoms with Gasteiger partial charge in [0.05, 0.1) is 6.10 Å². The molecule has 98 valence electrons. The van der Waals surface area contributed by atoms with Gasteiger partial charge in [0, 0.05) is 18.5 Å². The summed E-state index contributed by atoms with van der Waals surface area (Å²) >= 11 is 1.27. The molecule has 0 aliphatic carbocycles. The lowest BCUT2D eigenvalue weighted by Crippen LogP contribution is -2.35. The van der Waals surface area contributed by atoms with Gasteiger partial charge in [0.15, 0.2) is 0 Å². The van der Waals surface area contributed by atoms with Gasteiger partial charge in [0.25, 0.3) is 0 Å². The van der Waals surface area contributed by atoms with Crippen LogP contribution < -0.4 is 4.72 Å². The van der Waals surface area contributed by atoms with Crippen molar-refractivity contribution in [3.63, 3.8) is 0 Å². The number of ether oxygens (including phenoxy) is 1. The topological polar surface area (TPSA) is 55.4 Å². The Labute approximate surface area is 107 Å². The van der Waals surface area contributed by atoms with E-state index in [4.69, 9.17) is 4.74 Å². The minimum atomic E-state index is -3.39. The average molecular weight is 277 g/mol. The van der Waals surface area contributed by atoms with E-state index < -0.39 is 10.0 Å². The molecule has 1 atom stereocenters. The summed E-state index contributed by atoms with van der Waals surface area (Å²) in [5, 5.41) is 0. The van der Waals surface area contributed by atoms with Gasteiger partial charge in [-0.25, -0.2) is 13.1 Å². The Morgan fingerprint density at radius 2 is 2.06 bits per heavy atom. The van der Waals surface area contributed by atoms with E-state index in [2.05, 4.69) is 4.72 Å². The molecule has 0 aliphatic rings. The predicted molar refractivity (Wildman–Crippen MR) is 69.9 cm³/mol. The predicted octanol–water partition coefficient (Wildman–Crippen LogP) is 2.01. The van der Waals surface area contributed by atoms with Crippen LogP contribution in [-0.4, -0.2) is 28.2 Å². The maximum Gasteiger partial charge on any atom is 0.250 e. The fraction of sp³-hybridized carbons (Fsp3) is 0.636. The standard InChI is InChI=1S/C11H19NO3S2/c1-8(2)10(15-4)7-12-17(13,14)11-6-5-9(3)16-11/h5-6,8,10,12H,7H2,1-4H3. The number of aryl methyl sites for hydroxylation is 1. The van der Waals surface area contributed by atoms with Crippen molar-refractivity contribution < 1.29 is 13.2 Å². The van der Waals surface area contributed by atoms with Gasteiger partial charge in [0.2, 0.25) is 10.0 Å². The van der Waals surface area contributed by atoms with Crippen LogP contribution in [0.4, 0.5) is 0 Å². The molecule has 0 aliphatic heterocycles. The Kier molecular flexibility index (Phi) is 5.12. The molecular weight excluding hydrogens is 258 g/mol. The minimum Gasteiger partial charge on any atom is -0.380 e. The van der Waals surface area contributed by atoms with E-state index in [9.17, 15) is 8.42 Å². The summed E-state index contributed by atoms with van der Waals surface area (Å²) < 4.78 is 32.0. The highest BCUT2D eigenvalue weighted by molar-refractivity contribution is 7.91. The fourth-order valence-corrected chi connectivity index (χ4v) is 3.78. The molecular formula is C11H19NO3S2. The molecule has 0 bridgehead atoms. The molecule has 1 aromatic heterocycles. The Balaban J connectivity index is 2.68. The molecule has 0 aromatic carbocycles. The summed E-state index contributed by atoms with van der Waals surface area (Å²) in [6.07, 6.45) is -0.106. The number of thiophene rings is 1. The van der Waals surface area contributed by atoms with E-state index in [1.165, 1.54) is 11.3 Å². The van der Waals surface area contributed by atoms with Crippen LogP contribution in [-0.2, 0) is 14.8 Å². The molecule has 1 heterocycles. The van der Waals surface area contributed by atoms with Crippen LogP contribution >= 0.6 is 11.3 Å². The van der Waals surface area contributed by atoms with Crippen LogP contribution in [0.1, 0.15) is 18.7 Å². The smallest absolute Gasteiger partial charge is 0.250 e. The number of hydrogen-bond acceptors (Lipinski definition) is 4. The molecule has 6 heteroatoms. The highest BCUT2D eigenvalue weighted by atomic mass is 32.2. The summed E-state index contributed by atoms with van der Waals surface area (Å²) in [7, 11) is -1.80. The van der Waals surface area contributed by atoms with Crippen molar-refractivity contribution in [2.75, 3.05) is 13.7 Å². The zero-order valence-corrected chi connectivity index (χ0v) is 12.2. The first-order chi connectivity index (χ1) is 7.86. The van der Waals surface area contributed by atoms with Crippen molar-refractivity contribution in [3.8, 4) is 0 Å². The zero-order chi connectivity index (χ0) is 13.1. The van der Waals surface area contributed by atoms with Gasteiger partial charge >= 0.3 is 0 Å². The summed E-state index contributed by atoms with van der Waals surface area (Å²) in [6, 6.07) is 3.43. The second-order valence-corrected chi connectivity index (χ2v) is 7.52. The van der Waals surface area contributed by atoms with Crippen LogP contribution in [0.2, 0.25) is 0 Å². The third kappa shape index (κ3) is 4.06. The van der Waals surface area contributed by atoms with Crippen LogP contribution in [0.25, 0.3) is 0 Å². The first-order valence-electron chi connectivity index (χ1n) is 5.45. The van der Waals surface area contributed by atoms with Crippen LogP contribution in [0, 0.1) is 12.8 Å². The molecule has 1 unspecified atom stereocenters. The Morgan fingerprint density at radius 1 is 1.41 bits per heavy atom. The first kappa shape index (κ1) is 14.6. The summed E-state index contributed by atoms with van der Waals surface area (Å²) in [5.74, 6) is 0.271. The fourth-order valence-electron chi connectivity index (χ4n) is 1.41. The molecule has 17 heavy (non-hydrogen) atoms. The molecule has 0 amide bonds. The highest BCUT2D eigenvalue weighted by Crippen LogP contribution is 2.20. The van der Waals surface area contributed by atoms with Gasteiger partial charge in [-0.3, -0.25) is 0 Å². The normalized spacial score (nSPS) is 14.2. The maximum atomic E-state index is 11.9. The highest BCUT2D eigenvalue weighted by Gasteiger charge is 2.19. The van der Waals surface area contributed by atoms with Crippen molar-refractivity contribution in [2.24, 2.45) is 5.92 Å². The second-order valence-electron chi connectivity index (χ2n) is 4.24. The van der Waals surface area contributed by atoms with Gasteiger partial charge < -0.3 is 4.74 Å². The van der Waals surface area contributed by atoms with Crippen molar-refractivity contribution in [2.45, 2.75) is 31.1 Å². The number of sulfonamides is 1. The molecule has 1 rings (SSSR count). The van der Waals surface area contributed by atoms with Crippen molar-refractivity contribution >= 4 is 21.4 Å². The number of methoxy groups -OCH3 is 1. The zero-order valence-electron chi connectivity index (χ0n) is 10.6. The lowest BCUT2D eigenvalue weighted by Gasteiger charge is -2.19. The molecule has 0 fully saturated rings. The van der Waals surface area contributed by atoms with Crippen molar-refractivity contribution in [1.29, 1.82) is 0 Å². The van der Waals surface area contributed by atoms with E-state index in [0.717, 1.165) is 4.88 Å². The lowest BCUT2D eigenvalue weighted by molar-refractivity contribution is 0.0692. The third-order valence-corrected chi connectivity index (χ3v) is 5.42. The largest absolute Gasteiger partial charge is 0.380 e. The van der Waals surface area contributed by atoms with E-state index >= 15 is 0 Å². The van der Waals surface area contributed by atoms with Gasteiger partial charge in [-0.15, -0.1) is 11.3 Å². The summed E-state index contributed by atoms with van der Waals surface area (Å²) in [6.45, 7) is 6.18. The second kappa shape index (κ2) is 5.95. The van der Waals surface area contributed by atoms with Crippen LogP contribution in [0.15, 0.2) is 16.3 Å². The number of hydrogen-bond donors (Lipinski definition) is 1. The molecule has 1 aromatic rings. The Morgan fingerprint density at radius 3 is 2.47 bits per heavy atom. The Hall–Kier alpha value is -0.430. The van der Waals surface area contributed by atoms with Gasteiger partial charge in [-0.2, -0.15) is 0 Å². The van der Waals surface area contributed by atoms with E-state index in [1.54, 1.807) is 19.2 Å². The van der Waals surface area contributed by atoms with Gasteiger partial charge in [-0.05, 0) is 25.0 Å². The molecule has 0 radical (unpaired) electrons. The molecule has 0 spiro atoms. The third-order valence-electron chi connectivity index (χ3n) is 2.50. The van der Waals surface area contributed by atoms with Crippen molar-refractivity contribution in [1.82, 2.24) is 4.72 Å². The molecule has 0 saturated carbocycles. The molecule has 0 saturated heterocycles. The SMILES string of the molecule is COC(CNS(=O)(=O)c1ccc(C)s1)C(C)C. The van der Waals surface area contributed by atoms with Gasteiger partial charge in [-0.1, -0.05) is 13.8 Å². The maximum absolute atomic E-state index is 11.9. The monoisotopic (exact) mass is 277 g/mol. The molecule has 4 nitrogen and oxygen atoms in total. The Bertz CT molecular complexity index is 451. The van der Waals surface area contributed by atoms with Crippen LogP contribution in [0.3, 0.4) is 0 Å². The lowest BCUT2D eigenvalue weighted by atomic mass is 10.1. The first-order valence-corrected chi connectivity index (χ1v) is 7.75.